The Morgan fingerprint density at radius 2 is 1.97 bits per heavy atom. The van der Waals surface area contributed by atoms with Crippen molar-refractivity contribution in [1.82, 2.24) is 14.7 Å². The van der Waals surface area contributed by atoms with Crippen LogP contribution in [-0.4, -0.2) is 45.3 Å². The van der Waals surface area contributed by atoms with Gasteiger partial charge in [0, 0.05) is 30.9 Å². The fraction of sp³-hybridized carbons (Fsp3) is 0.190. The summed E-state index contributed by atoms with van der Waals surface area (Å²) in [6.07, 6.45) is 5.15. The number of carbonyl (C=O) groups is 2. The zero-order valence-corrected chi connectivity index (χ0v) is 15.4. The van der Waals surface area contributed by atoms with E-state index < -0.39 is 11.6 Å². The van der Waals surface area contributed by atoms with Crippen LogP contribution in [0, 0.1) is 5.82 Å². The molecule has 1 amide bonds. The van der Waals surface area contributed by atoms with E-state index in [0.717, 1.165) is 18.9 Å². The highest BCUT2D eigenvalue weighted by atomic mass is 19.1. The summed E-state index contributed by atoms with van der Waals surface area (Å²) < 4.78 is 20.8. The number of hydrogen-bond donors (Lipinski definition) is 1. The predicted molar refractivity (Wildman–Crippen MR) is 103 cm³/mol. The third-order valence-corrected chi connectivity index (χ3v) is 4.79. The lowest BCUT2D eigenvalue weighted by molar-refractivity contribution is 0.112. The van der Waals surface area contributed by atoms with Crippen LogP contribution in [-0.2, 0) is 0 Å². The fourth-order valence-corrected chi connectivity index (χ4v) is 3.24. The van der Waals surface area contributed by atoms with Crippen LogP contribution < -0.4 is 4.74 Å². The molecule has 0 radical (unpaired) electrons. The lowest BCUT2D eigenvalue weighted by Gasteiger charge is -2.15. The minimum atomic E-state index is -0.881. The number of phenolic OH excluding ortho intramolecular Hbond substituents is 1. The maximum atomic E-state index is 13.9. The molecule has 0 bridgehead atoms. The van der Waals surface area contributed by atoms with Gasteiger partial charge in [0.1, 0.15) is 5.75 Å². The van der Waals surface area contributed by atoms with E-state index in [1.165, 1.54) is 12.3 Å². The fourth-order valence-electron chi connectivity index (χ4n) is 3.24. The molecule has 1 fully saturated rings. The smallest absolute Gasteiger partial charge is 0.415 e. The van der Waals surface area contributed by atoms with Gasteiger partial charge in [-0.1, -0.05) is 6.07 Å². The number of nitrogens with zero attached hydrogens (tertiary/aromatic N) is 3. The number of rotatable bonds is 4. The van der Waals surface area contributed by atoms with Crippen molar-refractivity contribution in [2.24, 2.45) is 0 Å². The van der Waals surface area contributed by atoms with Crippen LogP contribution in [0.2, 0.25) is 0 Å². The van der Waals surface area contributed by atoms with Crippen LogP contribution in [0.3, 0.4) is 0 Å². The summed E-state index contributed by atoms with van der Waals surface area (Å²) in [6.45, 7) is 1.40. The van der Waals surface area contributed by atoms with E-state index in [9.17, 15) is 19.1 Å². The monoisotopic (exact) mass is 395 g/mol. The second kappa shape index (κ2) is 7.75. The summed E-state index contributed by atoms with van der Waals surface area (Å²) in [6, 6.07) is 9.43. The maximum absolute atomic E-state index is 13.9. The van der Waals surface area contributed by atoms with Gasteiger partial charge in [-0.2, -0.15) is 5.10 Å². The minimum absolute atomic E-state index is 0.136. The molecule has 2 aromatic carbocycles. The third-order valence-electron chi connectivity index (χ3n) is 4.79. The van der Waals surface area contributed by atoms with Crippen LogP contribution in [0.25, 0.3) is 16.8 Å². The van der Waals surface area contributed by atoms with Gasteiger partial charge in [0.2, 0.25) is 0 Å². The molecule has 1 N–H and O–H groups in total. The van der Waals surface area contributed by atoms with E-state index in [1.54, 1.807) is 40.0 Å². The summed E-state index contributed by atoms with van der Waals surface area (Å²) in [5, 5.41) is 13.8. The Bertz CT molecular complexity index is 1070. The first kappa shape index (κ1) is 18.7. The number of phenols is 1. The normalized spacial score (nSPS) is 13.5. The molecule has 7 nitrogen and oxygen atoms in total. The zero-order valence-electron chi connectivity index (χ0n) is 15.4. The summed E-state index contributed by atoms with van der Waals surface area (Å²) in [5.41, 5.74) is 1.48. The van der Waals surface area contributed by atoms with E-state index in [1.807, 2.05) is 0 Å². The van der Waals surface area contributed by atoms with Crippen molar-refractivity contribution < 1.29 is 23.8 Å². The van der Waals surface area contributed by atoms with Gasteiger partial charge in [-0.3, -0.25) is 4.79 Å². The van der Waals surface area contributed by atoms with E-state index in [0.29, 0.717) is 41.9 Å². The Kier molecular flexibility index (Phi) is 4.99. The number of halogens is 1. The van der Waals surface area contributed by atoms with Gasteiger partial charge >= 0.3 is 6.09 Å². The summed E-state index contributed by atoms with van der Waals surface area (Å²) >= 11 is 0. The quantitative estimate of drug-likeness (QED) is 0.680. The molecule has 0 unspecified atom stereocenters. The van der Waals surface area contributed by atoms with Crippen molar-refractivity contribution in [1.29, 1.82) is 0 Å². The molecular formula is C21H18FN3O4. The highest BCUT2D eigenvalue weighted by molar-refractivity contribution is 5.82. The van der Waals surface area contributed by atoms with Crippen molar-refractivity contribution in [3.8, 4) is 28.3 Å². The van der Waals surface area contributed by atoms with E-state index in [-0.39, 0.29) is 11.7 Å². The number of aromatic nitrogens is 2. The Morgan fingerprint density at radius 1 is 1.17 bits per heavy atom. The molecule has 3 aromatic rings. The van der Waals surface area contributed by atoms with Crippen LogP contribution in [0.5, 0.6) is 11.5 Å². The van der Waals surface area contributed by atoms with Crippen LogP contribution >= 0.6 is 0 Å². The van der Waals surface area contributed by atoms with Gasteiger partial charge in [-0.25, -0.2) is 13.9 Å². The van der Waals surface area contributed by atoms with Gasteiger partial charge < -0.3 is 14.7 Å². The average molecular weight is 395 g/mol. The van der Waals surface area contributed by atoms with Crippen molar-refractivity contribution in [2.75, 3.05) is 13.1 Å². The molecule has 0 aliphatic carbocycles. The zero-order chi connectivity index (χ0) is 20.4. The molecule has 8 heteroatoms. The van der Waals surface area contributed by atoms with Crippen LogP contribution in [0.4, 0.5) is 9.18 Å². The van der Waals surface area contributed by atoms with Crippen LogP contribution in [0.15, 0.2) is 48.8 Å². The SMILES string of the molecule is O=Cc1cc(-c2cnn(-c3cccc(OC(=O)N4CCCC4)c3)c2)cc(F)c1O. The molecule has 29 heavy (non-hydrogen) atoms. The predicted octanol–water partition coefficient (Wildman–Crippen LogP) is 3.79. The first-order chi connectivity index (χ1) is 14.0. The number of carbonyl (C=O) groups excluding carboxylic acids is 2. The number of aromatic hydroxyl groups is 1. The number of ether oxygens (including phenoxy) is 1. The molecule has 1 aliphatic rings. The maximum Gasteiger partial charge on any atom is 0.415 e. The van der Waals surface area contributed by atoms with Crippen molar-refractivity contribution >= 4 is 12.4 Å². The van der Waals surface area contributed by atoms with Crippen molar-refractivity contribution in [2.45, 2.75) is 12.8 Å². The Hall–Kier alpha value is -3.68. The Morgan fingerprint density at radius 3 is 2.72 bits per heavy atom. The first-order valence-electron chi connectivity index (χ1n) is 9.15. The van der Waals surface area contributed by atoms with Gasteiger partial charge in [0.25, 0.3) is 0 Å². The van der Waals surface area contributed by atoms with Gasteiger partial charge in [-0.05, 0) is 42.7 Å². The first-order valence-corrected chi connectivity index (χ1v) is 9.15. The molecule has 0 atom stereocenters. The highest BCUT2D eigenvalue weighted by Crippen LogP contribution is 2.29. The molecule has 1 aromatic heterocycles. The van der Waals surface area contributed by atoms with Crippen molar-refractivity contribution in [3.63, 3.8) is 0 Å². The van der Waals surface area contributed by atoms with Crippen molar-refractivity contribution in [3.05, 3.63) is 60.2 Å². The molecule has 1 aliphatic heterocycles. The highest BCUT2D eigenvalue weighted by Gasteiger charge is 2.20. The average Bonchev–Trinajstić information content (AvgIpc) is 3.42. The van der Waals surface area contributed by atoms with Crippen LogP contribution in [0.1, 0.15) is 23.2 Å². The lowest BCUT2D eigenvalue weighted by Crippen LogP contribution is -2.30. The van der Waals surface area contributed by atoms with E-state index in [2.05, 4.69) is 5.10 Å². The molecule has 1 saturated heterocycles. The molecule has 4 rings (SSSR count). The standard InChI is InChI=1S/C21H18FN3O4/c22-19-9-14(8-15(13-26)20(19)27)16-11-23-25(12-16)17-4-3-5-18(10-17)29-21(28)24-6-1-2-7-24/h3-5,8-13,27H,1-2,6-7H2. The lowest BCUT2D eigenvalue weighted by atomic mass is 10.1. The van der Waals surface area contributed by atoms with E-state index in [4.69, 9.17) is 4.74 Å². The molecule has 148 valence electrons. The summed E-state index contributed by atoms with van der Waals surface area (Å²) in [7, 11) is 0. The van der Waals surface area contributed by atoms with Gasteiger partial charge in [0.05, 0.1) is 17.4 Å². The summed E-state index contributed by atoms with van der Waals surface area (Å²) in [5.74, 6) is -1.16. The molecule has 0 spiro atoms. The number of likely N-dealkylation sites (tertiary alicyclic amines) is 1. The number of benzene rings is 2. The number of aldehydes is 1. The minimum Gasteiger partial charge on any atom is -0.504 e. The summed E-state index contributed by atoms with van der Waals surface area (Å²) in [4.78, 5) is 24.9. The Labute approximate surface area is 165 Å². The third kappa shape index (κ3) is 3.82. The topological polar surface area (TPSA) is 84.7 Å². The van der Waals surface area contributed by atoms with Gasteiger partial charge in [0.15, 0.2) is 17.9 Å². The Balaban J connectivity index is 1.58. The number of hydrogen-bond acceptors (Lipinski definition) is 5. The van der Waals surface area contributed by atoms with E-state index >= 15 is 0 Å². The second-order valence-corrected chi connectivity index (χ2v) is 6.75. The number of amides is 1. The second-order valence-electron chi connectivity index (χ2n) is 6.75. The molecule has 0 saturated carbocycles. The largest absolute Gasteiger partial charge is 0.504 e. The molecular weight excluding hydrogens is 377 g/mol. The molecule has 2 heterocycles. The van der Waals surface area contributed by atoms with Gasteiger partial charge in [-0.15, -0.1) is 0 Å².